The van der Waals surface area contributed by atoms with Gasteiger partial charge in [-0.3, -0.25) is 9.69 Å². The van der Waals surface area contributed by atoms with E-state index in [-0.39, 0.29) is 5.56 Å². The molecule has 4 nitrogen and oxygen atoms in total. The molecule has 116 valence electrons. The fourth-order valence-electron chi connectivity index (χ4n) is 2.70. The quantitative estimate of drug-likeness (QED) is 0.915. The zero-order valence-corrected chi connectivity index (χ0v) is 12.2. The molecule has 6 heteroatoms. The maximum Gasteiger partial charge on any atom is 0.257 e. The molecule has 1 aliphatic rings. The highest BCUT2D eigenvalue weighted by atomic mass is 19.2. The van der Waals surface area contributed by atoms with Crippen LogP contribution in [-0.4, -0.2) is 54.5 Å². The van der Waals surface area contributed by atoms with Crippen molar-refractivity contribution in [2.75, 3.05) is 32.7 Å². The SMILES string of the molecule is CCC(CN)N1CCN(C(=O)c2cccc(F)c2F)CC1. The van der Waals surface area contributed by atoms with Crippen molar-refractivity contribution < 1.29 is 13.6 Å². The van der Waals surface area contributed by atoms with E-state index in [0.717, 1.165) is 12.5 Å². The van der Waals surface area contributed by atoms with Crippen LogP contribution in [0.25, 0.3) is 0 Å². The van der Waals surface area contributed by atoms with Crippen molar-refractivity contribution in [1.82, 2.24) is 9.80 Å². The molecule has 1 aromatic rings. The van der Waals surface area contributed by atoms with Gasteiger partial charge < -0.3 is 10.6 Å². The molecule has 0 aromatic heterocycles. The van der Waals surface area contributed by atoms with Gasteiger partial charge in [-0.25, -0.2) is 8.78 Å². The summed E-state index contributed by atoms with van der Waals surface area (Å²) < 4.78 is 26.9. The van der Waals surface area contributed by atoms with E-state index < -0.39 is 17.5 Å². The van der Waals surface area contributed by atoms with E-state index in [4.69, 9.17) is 5.73 Å². The molecule has 1 unspecified atom stereocenters. The Morgan fingerprint density at radius 1 is 1.29 bits per heavy atom. The van der Waals surface area contributed by atoms with Gasteiger partial charge in [0.1, 0.15) is 0 Å². The molecular formula is C15H21F2N3O. The van der Waals surface area contributed by atoms with Crippen LogP contribution in [0.1, 0.15) is 23.7 Å². The predicted octanol–water partition coefficient (Wildman–Crippen LogP) is 1.46. The van der Waals surface area contributed by atoms with Crippen molar-refractivity contribution in [3.63, 3.8) is 0 Å². The van der Waals surface area contributed by atoms with Crippen molar-refractivity contribution >= 4 is 5.91 Å². The number of rotatable bonds is 4. The Bertz CT molecular complexity index is 498. The minimum atomic E-state index is -1.07. The first-order valence-corrected chi connectivity index (χ1v) is 7.25. The number of hydrogen-bond donors (Lipinski definition) is 1. The lowest BCUT2D eigenvalue weighted by Gasteiger charge is -2.38. The molecule has 0 aliphatic carbocycles. The van der Waals surface area contributed by atoms with Crippen molar-refractivity contribution in [3.8, 4) is 0 Å². The Hall–Kier alpha value is -1.53. The summed E-state index contributed by atoms with van der Waals surface area (Å²) in [5, 5.41) is 0. The van der Waals surface area contributed by atoms with E-state index in [2.05, 4.69) is 11.8 Å². The molecular weight excluding hydrogens is 276 g/mol. The van der Waals surface area contributed by atoms with Gasteiger partial charge in [0.15, 0.2) is 11.6 Å². The second kappa shape index (κ2) is 6.95. The van der Waals surface area contributed by atoms with E-state index in [9.17, 15) is 13.6 Å². The summed E-state index contributed by atoms with van der Waals surface area (Å²) in [5.74, 6) is -2.51. The maximum atomic E-state index is 13.7. The van der Waals surface area contributed by atoms with Gasteiger partial charge in [0.25, 0.3) is 5.91 Å². The predicted molar refractivity (Wildman–Crippen MR) is 77.0 cm³/mol. The molecule has 1 heterocycles. The van der Waals surface area contributed by atoms with E-state index in [1.165, 1.54) is 12.1 Å². The average molecular weight is 297 g/mol. The van der Waals surface area contributed by atoms with Crippen LogP contribution in [0.15, 0.2) is 18.2 Å². The summed E-state index contributed by atoms with van der Waals surface area (Å²) in [7, 11) is 0. The van der Waals surface area contributed by atoms with E-state index in [1.54, 1.807) is 4.90 Å². The van der Waals surface area contributed by atoms with Gasteiger partial charge in [-0.1, -0.05) is 13.0 Å². The monoisotopic (exact) mass is 297 g/mol. The Morgan fingerprint density at radius 3 is 2.52 bits per heavy atom. The van der Waals surface area contributed by atoms with Crippen molar-refractivity contribution in [2.45, 2.75) is 19.4 Å². The molecule has 1 aliphatic heterocycles. The number of nitrogens with zero attached hydrogens (tertiary/aromatic N) is 2. The van der Waals surface area contributed by atoms with E-state index >= 15 is 0 Å². The van der Waals surface area contributed by atoms with Gasteiger partial charge in [0.2, 0.25) is 0 Å². The summed E-state index contributed by atoms with van der Waals surface area (Å²) in [5.41, 5.74) is 5.52. The fourth-order valence-corrected chi connectivity index (χ4v) is 2.70. The molecule has 2 N–H and O–H groups in total. The van der Waals surface area contributed by atoms with Crippen LogP contribution in [0.4, 0.5) is 8.78 Å². The highest BCUT2D eigenvalue weighted by Gasteiger charge is 2.27. The first-order chi connectivity index (χ1) is 10.1. The van der Waals surface area contributed by atoms with Gasteiger partial charge in [-0.15, -0.1) is 0 Å². The summed E-state index contributed by atoms with van der Waals surface area (Å²) in [6.07, 6.45) is 0.961. The van der Waals surface area contributed by atoms with Crippen LogP contribution in [0.3, 0.4) is 0 Å². The van der Waals surface area contributed by atoms with Gasteiger partial charge in [-0.2, -0.15) is 0 Å². The lowest BCUT2D eigenvalue weighted by molar-refractivity contribution is 0.0566. The number of nitrogens with two attached hydrogens (primary N) is 1. The lowest BCUT2D eigenvalue weighted by atomic mass is 10.1. The molecule has 0 radical (unpaired) electrons. The number of hydrogen-bond acceptors (Lipinski definition) is 3. The van der Waals surface area contributed by atoms with Crippen molar-refractivity contribution in [1.29, 1.82) is 0 Å². The largest absolute Gasteiger partial charge is 0.336 e. The highest BCUT2D eigenvalue weighted by molar-refractivity contribution is 5.94. The van der Waals surface area contributed by atoms with Crippen molar-refractivity contribution in [2.24, 2.45) is 5.73 Å². The summed E-state index contributed by atoms with van der Waals surface area (Å²) >= 11 is 0. The Labute approximate surface area is 123 Å². The van der Waals surface area contributed by atoms with Crippen LogP contribution in [0.2, 0.25) is 0 Å². The van der Waals surface area contributed by atoms with Crippen LogP contribution in [-0.2, 0) is 0 Å². The molecule has 1 atom stereocenters. The Kier molecular flexibility index (Phi) is 5.25. The van der Waals surface area contributed by atoms with Gasteiger partial charge in [-0.05, 0) is 18.6 Å². The second-order valence-electron chi connectivity index (χ2n) is 5.23. The van der Waals surface area contributed by atoms with Crippen LogP contribution in [0, 0.1) is 11.6 Å². The van der Waals surface area contributed by atoms with Gasteiger partial charge >= 0.3 is 0 Å². The molecule has 0 bridgehead atoms. The summed E-state index contributed by atoms with van der Waals surface area (Å²) in [4.78, 5) is 16.1. The number of amides is 1. The van der Waals surface area contributed by atoms with E-state index in [1.807, 2.05) is 0 Å². The molecule has 21 heavy (non-hydrogen) atoms. The molecule has 0 saturated carbocycles. The third kappa shape index (κ3) is 3.39. The standard InChI is InChI=1S/C15H21F2N3O/c1-2-11(10-18)19-6-8-20(9-7-19)15(21)12-4-3-5-13(16)14(12)17/h3-5,11H,2,6-10,18H2,1H3. The number of benzene rings is 1. The lowest BCUT2D eigenvalue weighted by Crippen LogP contribution is -2.53. The molecule has 1 aromatic carbocycles. The topological polar surface area (TPSA) is 49.6 Å². The molecule has 1 amide bonds. The molecule has 0 spiro atoms. The van der Waals surface area contributed by atoms with Crippen LogP contribution >= 0.6 is 0 Å². The normalized spacial score (nSPS) is 17.8. The third-order valence-electron chi connectivity index (χ3n) is 4.04. The Morgan fingerprint density at radius 2 is 1.95 bits per heavy atom. The summed E-state index contributed by atoms with van der Waals surface area (Å²) in [6.45, 7) is 5.09. The average Bonchev–Trinajstić information content (AvgIpc) is 2.51. The van der Waals surface area contributed by atoms with E-state index in [0.29, 0.717) is 38.8 Å². The number of carbonyl (C=O) groups is 1. The Balaban J connectivity index is 2.02. The molecule has 1 saturated heterocycles. The fraction of sp³-hybridized carbons (Fsp3) is 0.533. The number of carbonyl (C=O) groups excluding carboxylic acids is 1. The smallest absolute Gasteiger partial charge is 0.257 e. The first-order valence-electron chi connectivity index (χ1n) is 7.25. The summed E-state index contributed by atoms with van der Waals surface area (Å²) in [6, 6.07) is 4.00. The minimum absolute atomic E-state index is 0.200. The minimum Gasteiger partial charge on any atom is -0.336 e. The number of halogens is 2. The zero-order chi connectivity index (χ0) is 15.4. The third-order valence-corrected chi connectivity index (χ3v) is 4.04. The molecule has 1 fully saturated rings. The zero-order valence-electron chi connectivity index (χ0n) is 12.2. The van der Waals surface area contributed by atoms with Gasteiger partial charge in [0, 0.05) is 38.8 Å². The first kappa shape index (κ1) is 15.9. The second-order valence-corrected chi connectivity index (χ2v) is 5.23. The highest BCUT2D eigenvalue weighted by Crippen LogP contribution is 2.16. The van der Waals surface area contributed by atoms with Crippen LogP contribution in [0.5, 0.6) is 0 Å². The maximum absolute atomic E-state index is 13.7. The van der Waals surface area contributed by atoms with Gasteiger partial charge in [0.05, 0.1) is 5.56 Å². The molecule has 2 rings (SSSR count). The van der Waals surface area contributed by atoms with Crippen LogP contribution < -0.4 is 5.73 Å². The number of piperazine rings is 1. The van der Waals surface area contributed by atoms with Crippen molar-refractivity contribution in [3.05, 3.63) is 35.4 Å².